The van der Waals surface area contributed by atoms with E-state index in [1.165, 1.54) is 24.0 Å². The minimum atomic E-state index is -3.72. The van der Waals surface area contributed by atoms with Crippen molar-refractivity contribution in [3.63, 3.8) is 0 Å². The van der Waals surface area contributed by atoms with Crippen molar-refractivity contribution >= 4 is 54.9 Å². The van der Waals surface area contributed by atoms with Crippen LogP contribution in [0.4, 0.5) is 5.69 Å². The van der Waals surface area contributed by atoms with E-state index >= 15 is 0 Å². The Morgan fingerprint density at radius 3 is 2.42 bits per heavy atom. The van der Waals surface area contributed by atoms with Crippen molar-refractivity contribution in [3.8, 4) is 5.75 Å². The van der Waals surface area contributed by atoms with Crippen LogP contribution in [0.3, 0.4) is 0 Å². The minimum Gasteiger partial charge on any atom is -0.492 e. The number of sulfonamides is 1. The van der Waals surface area contributed by atoms with Crippen LogP contribution in [-0.4, -0.2) is 26.0 Å². The number of rotatable bonds is 10. The van der Waals surface area contributed by atoms with Gasteiger partial charge in [-0.15, -0.1) is 0 Å². The summed E-state index contributed by atoms with van der Waals surface area (Å²) in [5.74, 6) is 0.734. The summed E-state index contributed by atoms with van der Waals surface area (Å²) in [6, 6.07) is 24.4. The molecule has 1 amide bonds. The molecule has 0 aliphatic heterocycles. The van der Waals surface area contributed by atoms with E-state index in [1.807, 2.05) is 30.3 Å². The molecule has 0 aliphatic carbocycles. The summed E-state index contributed by atoms with van der Waals surface area (Å²) in [5, 5.41) is 5.56. The normalized spacial score (nSPS) is 11.1. The van der Waals surface area contributed by atoms with Crippen LogP contribution in [0.2, 0.25) is 0 Å². The molecule has 3 aromatic carbocycles. The number of amides is 1. The Bertz CT molecular complexity index is 1490. The van der Waals surface area contributed by atoms with E-state index in [0.717, 1.165) is 6.42 Å². The van der Waals surface area contributed by atoms with Crippen LogP contribution in [0.1, 0.15) is 21.7 Å². The number of halogens is 1. The molecule has 8 nitrogen and oxygen atoms in total. The largest absolute Gasteiger partial charge is 0.492 e. The standard InChI is InChI=1S/C27H24BrN3O5S2/c28-24-17-20(8-13-25(24)36-16-14-19-5-2-1-3-6-19)26(32)31-27(37)30-21-9-11-23(12-10-21)38(33,34)29-18-22-7-4-15-35-22/h1-13,15,17,29H,14,16,18H2,(H2,30,31,32,37). The Labute approximate surface area is 234 Å². The van der Waals surface area contributed by atoms with E-state index in [1.54, 1.807) is 42.5 Å². The lowest BCUT2D eigenvalue weighted by Gasteiger charge is -2.12. The molecule has 38 heavy (non-hydrogen) atoms. The minimum absolute atomic E-state index is 0.0440. The Morgan fingerprint density at radius 2 is 1.74 bits per heavy atom. The fourth-order valence-corrected chi connectivity index (χ4v) is 5.10. The highest BCUT2D eigenvalue weighted by atomic mass is 79.9. The summed E-state index contributed by atoms with van der Waals surface area (Å²) in [6.45, 7) is 0.546. The zero-order valence-corrected chi connectivity index (χ0v) is 23.2. The first kappa shape index (κ1) is 27.5. The summed E-state index contributed by atoms with van der Waals surface area (Å²) in [6.07, 6.45) is 2.24. The average molecular weight is 615 g/mol. The average Bonchev–Trinajstić information content (AvgIpc) is 3.43. The first-order chi connectivity index (χ1) is 18.3. The number of carbonyl (C=O) groups excluding carboxylic acids is 1. The Kier molecular flexibility index (Phi) is 9.29. The molecule has 0 radical (unpaired) electrons. The van der Waals surface area contributed by atoms with E-state index in [9.17, 15) is 13.2 Å². The molecule has 3 N–H and O–H groups in total. The van der Waals surface area contributed by atoms with Crippen LogP contribution in [0.25, 0.3) is 0 Å². The maximum Gasteiger partial charge on any atom is 0.257 e. The van der Waals surface area contributed by atoms with Crippen molar-refractivity contribution < 1.29 is 22.4 Å². The first-order valence-electron chi connectivity index (χ1n) is 11.5. The second kappa shape index (κ2) is 12.8. The molecule has 1 aromatic heterocycles. The SMILES string of the molecule is O=C(NC(=S)Nc1ccc(S(=O)(=O)NCc2ccco2)cc1)c1ccc(OCCc2ccccc2)c(Br)c1. The van der Waals surface area contributed by atoms with Gasteiger partial charge in [-0.1, -0.05) is 30.3 Å². The molecular formula is C27H24BrN3O5S2. The van der Waals surface area contributed by atoms with Crippen LogP contribution < -0.4 is 20.1 Å². The molecule has 0 fully saturated rings. The highest BCUT2D eigenvalue weighted by Gasteiger charge is 2.15. The number of hydrogen-bond donors (Lipinski definition) is 3. The van der Waals surface area contributed by atoms with Crippen molar-refractivity contribution in [2.24, 2.45) is 0 Å². The lowest BCUT2D eigenvalue weighted by atomic mass is 10.2. The lowest BCUT2D eigenvalue weighted by molar-refractivity contribution is 0.0977. The molecule has 1 heterocycles. The third-order valence-electron chi connectivity index (χ3n) is 5.35. The lowest BCUT2D eigenvalue weighted by Crippen LogP contribution is -2.34. The maximum atomic E-state index is 12.7. The van der Waals surface area contributed by atoms with E-state index < -0.39 is 15.9 Å². The summed E-state index contributed by atoms with van der Waals surface area (Å²) in [5.41, 5.74) is 2.09. The molecule has 11 heteroatoms. The van der Waals surface area contributed by atoms with E-state index in [4.69, 9.17) is 21.4 Å². The molecule has 0 unspecified atom stereocenters. The van der Waals surface area contributed by atoms with Gasteiger partial charge < -0.3 is 14.5 Å². The van der Waals surface area contributed by atoms with Gasteiger partial charge in [0.25, 0.3) is 5.91 Å². The molecule has 196 valence electrons. The van der Waals surface area contributed by atoms with Gasteiger partial charge in [-0.05, 0) is 88.3 Å². The number of benzene rings is 3. The topological polar surface area (TPSA) is 110 Å². The number of furan rings is 1. The summed E-state index contributed by atoms with van der Waals surface area (Å²) in [7, 11) is -3.72. The molecule has 0 bridgehead atoms. The fraction of sp³-hybridized carbons (Fsp3) is 0.111. The predicted octanol–water partition coefficient (Wildman–Crippen LogP) is 5.27. The van der Waals surface area contributed by atoms with Gasteiger partial charge in [-0.2, -0.15) is 0 Å². The summed E-state index contributed by atoms with van der Waals surface area (Å²) < 4.78 is 39.0. The molecule has 0 aliphatic rings. The van der Waals surface area contributed by atoms with Gasteiger partial charge in [0.2, 0.25) is 10.0 Å². The predicted molar refractivity (Wildman–Crippen MR) is 153 cm³/mol. The second-order valence-corrected chi connectivity index (χ2v) is 11.1. The Morgan fingerprint density at radius 1 is 0.974 bits per heavy atom. The molecule has 0 saturated carbocycles. The van der Waals surface area contributed by atoms with Gasteiger partial charge in [0.15, 0.2) is 5.11 Å². The maximum absolute atomic E-state index is 12.7. The van der Waals surface area contributed by atoms with Gasteiger partial charge in [0.1, 0.15) is 11.5 Å². The molecule has 4 aromatic rings. The molecular weight excluding hydrogens is 590 g/mol. The number of thiocarbonyl (C=S) groups is 1. The highest BCUT2D eigenvalue weighted by Crippen LogP contribution is 2.26. The van der Waals surface area contributed by atoms with Gasteiger partial charge >= 0.3 is 0 Å². The molecule has 4 rings (SSSR count). The smallest absolute Gasteiger partial charge is 0.257 e. The van der Waals surface area contributed by atoms with Gasteiger partial charge in [0, 0.05) is 17.7 Å². The van der Waals surface area contributed by atoms with Crippen LogP contribution in [0.15, 0.2) is 105 Å². The summed E-state index contributed by atoms with van der Waals surface area (Å²) in [4.78, 5) is 12.8. The van der Waals surface area contributed by atoms with Crippen LogP contribution >= 0.6 is 28.1 Å². The first-order valence-corrected chi connectivity index (χ1v) is 14.2. The Balaban J connectivity index is 1.27. The van der Waals surface area contributed by atoms with Crippen molar-refractivity contribution in [3.05, 3.63) is 113 Å². The van der Waals surface area contributed by atoms with Crippen molar-refractivity contribution in [2.75, 3.05) is 11.9 Å². The highest BCUT2D eigenvalue weighted by molar-refractivity contribution is 9.10. The second-order valence-electron chi connectivity index (χ2n) is 8.07. The van der Waals surface area contributed by atoms with Crippen molar-refractivity contribution in [1.82, 2.24) is 10.0 Å². The van der Waals surface area contributed by atoms with Crippen LogP contribution in [-0.2, 0) is 23.0 Å². The number of nitrogens with one attached hydrogen (secondary N) is 3. The number of carbonyl (C=O) groups is 1. The Hall–Kier alpha value is -3.51. The fourth-order valence-electron chi connectivity index (χ4n) is 3.40. The quantitative estimate of drug-likeness (QED) is 0.209. The third kappa shape index (κ3) is 7.75. The van der Waals surface area contributed by atoms with Gasteiger partial charge in [-0.3, -0.25) is 10.1 Å². The van der Waals surface area contributed by atoms with Gasteiger partial charge in [0.05, 0.1) is 28.8 Å². The third-order valence-corrected chi connectivity index (χ3v) is 7.59. The number of hydrogen-bond acceptors (Lipinski definition) is 6. The monoisotopic (exact) mass is 613 g/mol. The van der Waals surface area contributed by atoms with E-state index in [2.05, 4.69) is 31.3 Å². The molecule has 0 spiro atoms. The van der Waals surface area contributed by atoms with Crippen LogP contribution in [0, 0.1) is 0 Å². The molecule has 0 saturated heterocycles. The summed E-state index contributed by atoms with van der Waals surface area (Å²) >= 11 is 8.70. The van der Waals surface area contributed by atoms with E-state index in [0.29, 0.717) is 33.8 Å². The van der Waals surface area contributed by atoms with Crippen molar-refractivity contribution in [2.45, 2.75) is 17.9 Å². The van der Waals surface area contributed by atoms with Crippen LogP contribution in [0.5, 0.6) is 5.75 Å². The number of ether oxygens (including phenoxy) is 1. The zero-order valence-electron chi connectivity index (χ0n) is 20.0. The zero-order chi connectivity index (χ0) is 27.0. The van der Waals surface area contributed by atoms with Gasteiger partial charge in [-0.25, -0.2) is 13.1 Å². The molecule has 0 atom stereocenters. The number of anilines is 1. The van der Waals surface area contributed by atoms with Crippen molar-refractivity contribution in [1.29, 1.82) is 0 Å². The van der Waals surface area contributed by atoms with E-state index in [-0.39, 0.29) is 16.6 Å².